The Balaban J connectivity index is 1.96. The molecular weight excluding hydrogens is 284 g/mol. The predicted molar refractivity (Wildman–Crippen MR) is 85.0 cm³/mol. The van der Waals surface area contributed by atoms with Gasteiger partial charge in [-0.15, -0.1) is 11.3 Å². The van der Waals surface area contributed by atoms with Crippen LogP contribution in [0.25, 0.3) is 0 Å². The van der Waals surface area contributed by atoms with Crippen molar-refractivity contribution in [3.63, 3.8) is 0 Å². The van der Waals surface area contributed by atoms with Crippen molar-refractivity contribution in [2.45, 2.75) is 32.7 Å². The molecule has 0 unspecified atom stereocenters. The normalized spacial score (nSPS) is 14.5. The Labute approximate surface area is 129 Å². The summed E-state index contributed by atoms with van der Waals surface area (Å²) in [6.45, 7) is 4.92. The first-order valence-electron chi connectivity index (χ1n) is 7.33. The van der Waals surface area contributed by atoms with Gasteiger partial charge < -0.3 is 10.6 Å². The van der Waals surface area contributed by atoms with Gasteiger partial charge in [0.2, 0.25) is 5.91 Å². The van der Waals surface area contributed by atoms with E-state index >= 15 is 0 Å². The van der Waals surface area contributed by atoms with Crippen molar-refractivity contribution in [3.8, 4) is 6.07 Å². The van der Waals surface area contributed by atoms with Crippen molar-refractivity contribution in [2.24, 2.45) is 0 Å². The number of hydrogen-bond acceptors (Lipinski definition) is 5. The van der Waals surface area contributed by atoms with Gasteiger partial charge in [0.1, 0.15) is 11.1 Å². The molecule has 1 amide bonds. The fourth-order valence-corrected chi connectivity index (χ4v) is 3.68. The zero-order valence-corrected chi connectivity index (χ0v) is 13.5. The number of thiophene rings is 1. The molecule has 1 aromatic rings. The Hall–Kier alpha value is -1.58. The summed E-state index contributed by atoms with van der Waals surface area (Å²) >= 11 is 1.48. The number of amides is 1. The number of hydrogen-bond donors (Lipinski definition) is 1. The molecular formula is C15H22N4OS. The zero-order valence-electron chi connectivity index (χ0n) is 12.7. The largest absolute Gasteiger partial charge is 0.389 e. The molecule has 1 aliphatic rings. The lowest BCUT2D eigenvalue weighted by atomic mass is 10.0. The van der Waals surface area contributed by atoms with E-state index in [4.69, 9.17) is 11.0 Å². The fraction of sp³-hybridized carbons (Fsp3) is 0.600. The predicted octanol–water partition coefficient (Wildman–Crippen LogP) is 1.82. The summed E-state index contributed by atoms with van der Waals surface area (Å²) in [5.74, 6) is 0.164. The molecule has 0 saturated heterocycles. The van der Waals surface area contributed by atoms with Gasteiger partial charge in [-0.1, -0.05) is 13.3 Å². The van der Waals surface area contributed by atoms with Crippen LogP contribution >= 0.6 is 11.3 Å². The number of unbranched alkanes of at least 4 members (excludes halogenated alkanes) is 1. The molecule has 2 rings (SSSR count). The van der Waals surface area contributed by atoms with E-state index in [0.717, 1.165) is 49.3 Å². The van der Waals surface area contributed by atoms with E-state index in [1.165, 1.54) is 11.3 Å². The highest BCUT2D eigenvalue weighted by Gasteiger charge is 2.25. The Kier molecular flexibility index (Phi) is 5.21. The average molecular weight is 306 g/mol. The third-order valence-electron chi connectivity index (χ3n) is 3.91. The van der Waals surface area contributed by atoms with Crippen molar-refractivity contribution in [1.82, 2.24) is 9.80 Å². The second-order valence-corrected chi connectivity index (χ2v) is 6.62. The van der Waals surface area contributed by atoms with Crippen LogP contribution in [0, 0.1) is 11.3 Å². The molecule has 0 atom stereocenters. The highest BCUT2D eigenvalue weighted by atomic mass is 32.1. The van der Waals surface area contributed by atoms with Gasteiger partial charge in [0, 0.05) is 31.6 Å². The number of fused-ring (bicyclic) bond motifs is 1. The lowest BCUT2D eigenvalue weighted by Crippen LogP contribution is -2.40. The maximum Gasteiger partial charge on any atom is 0.236 e. The fourth-order valence-electron chi connectivity index (χ4n) is 2.57. The van der Waals surface area contributed by atoms with E-state index in [0.29, 0.717) is 17.1 Å². The first kappa shape index (κ1) is 15.8. The number of carbonyl (C=O) groups is 1. The number of nitriles is 1. The topological polar surface area (TPSA) is 73.4 Å². The Bertz CT molecular complexity index is 561. The molecule has 5 nitrogen and oxygen atoms in total. The van der Waals surface area contributed by atoms with Crippen LogP contribution in [0.5, 0.6) is 0 Å². The second-order valence-electron chi connectivity index (χ2n) is 5.48. The van der Waals surface area contributed by atoms with Crippen LogP contribution in [0.2, 0.25) is 0 Å². The van der Waals surface area contributed by atoms with Crippen LogP contribution in [-0.4, -0.2) is 42.4 Å². The van der Waals surface area contributed by atoms with Crippen molar-refractivity contribution < 1.29 is 4.79 Å². The number of nitrogen functional groups attached to an aromatic ring is 1. The maximum atomic E-state index is 12.2. The molecule has 0 aromatic carbocycles. The third-order valence-corrected chi connectivity index (χ3v) is 4.95. The van der Waals surface area contributed by atoms with E-state index < -0.39 is 0 Å². The van der Waals surface area contributed by atoms with Gasteiger partial charge in [-0.2, -0.15) is 5.26 Å². The summed E-state index contributed by atoms with van der Waals surface area (Å²) in [5.41, 5.74) is 7.61. The number of anilines is 1. The third kappa shape index (κ3) is 3.55. The monoisotopic (exact) mass is 306 g/mol. The van der Waals surface area contributed by atoms with E-state index in [9.17, 15) is 4.79 Å². The highest BCUT2D eigenvalue weighted by Crippen LogP contribution is 2.34. The van der Waals surface area contributed by atoms with Crippen molar-refractivity contribution in [2.75, 3.05) is 32.4 Å². The van der Waals surface area contributed by atoms with Crippen LogP contribution in [-0.2, 0) is 17.8 Å². The quantitative estimate of drug-likeness (QED) is 0.900. The van der Waals surface area contributed by atoms with E-state index in [1.807, 2.05) is 11.9 Å². The minimum Gasteiger partial charge on any atom is -0.389 e. The SMILES string of the molecule is CCCCN(C)C(=O)CN1CCc2c(sc(N)c2C#N)C1. The molecule has 0 radical (unpaired) electrons. The van der Waals surface area contributed by atoms with Crippen LogP contribution in [0.4, 0.5) is 5.00 Å². The van der Waals surface area contributed by atoms with Gasteiger partial charge in [0.05, 0.1) is 12.1 Å². The Morgan fingerprint density at radius 1 is 1.57 bits per heavy atom. The highest BCUT2D eigenvalue weighted by molar-refractivity contribution is 7.16. The smallest absolute Gasteiger partial charge is 0.236 e. The molecule has 2 heterocycles. The summed E-state index contributed by atoms with van der Waals surface area (Å²) in [6, 6.07) is 2.19. The van der Waals surface area contributed by atoms with Crippen molar-refractivity contribution in [3.05, 3.63) is 16.0 Å². The van der Waals surface area contributed by atoms with E-state index in [2.05, 4.69) is 17.9 Å². The summed E-state index contributed by atoms with van der Waals surface area (Å²) in [4.78, 5) is 17.3. The second kappa shape index (κ2) is 6.92. The zero-order chi connectivity index (χ0) is 15.4. The standard InChI is InChI=1S/C15H22N4OS/c1-3-4-6-18(2)14(20)10-19-7-5-11-12(8-16)15(17)21-13(11)9-19/h3-7,9-10,17H2,1-2H3. The maximum absolute atomic E-state index is 12.2. The average Bonchev–Trinajstić information content (AvgIpc) is 2.78. The molecule has 0 fully saturated rings. The van der Waals surface area contributed by atoms with Gasteiger partial charge in [-0.05, 0) is 18.4 Å². The van der Waals surface area contributed by atoms with Gasteiger partial charge in [0.15, 0.2) is 0 Å². The lowest BCUT2D eigenvalue weighted by molar-refractivity contribution is -0.131. The molecule has 1 aliphatic heterocycles. The summed E-state index contributed by atoms with van der Waals surface area (Å²) < 4.78 is 0. The molecule has 0 spiro atoms. The lowest BCUT2D eigenvalue weighted by Gasteiger charge is -2.28. The number of nitrogens with two attached hydrogens (primary N) is 1. The summed E-state index contributed by atoms with van der Waals surface area (Å²) in [6.07, 6.45) is 2.94. The molecule has 21 heavy (non-hydrogen) atoms. The van der Waals surface area contributed by atoms with Crippen LogP contribution in [0.3, 0.4) is 0 Å². The molecule has 0 saturated carbocycles. The van der Waals surface area contributed by atoms with Crippen LogP contribution < -0.4 is 5.73 Å². The molecule has 1 aromatic heterocycles. The molecule has 0 bridgehead atoms. The molecule has 0 aliphatic carbocycles. The van der Waals surface area contributed by atoms with E-state index in [1.54, 1.807) is 0 Å². The minimum atomic E-state index is 0.164. The first-order valence-corrected chi connectivity index (χ1v) is 8.14. The van der Waals surface area contributed by atoms with Gasteiger partial charge in [-0.3, -0.25) is 9.69 Å². The summed E-state index contributed by atoms with van der Waals surface area (Å²) in [5, 5.41) is 9.74. The number of likely N-dealkylation sites (N-methyl/N-ethyl adjacent to an activating group) is 1. The Morgan fingerprint density at radius 3 is 3.00 bits per heavy atom. The van der Waals surface area contributed by atoms with Gasteiger partial charge >= 0.3 is 0 Å². The molecule has 114 valence electrons. The van der Waals surface area contributed by atoms with Gasteiger partial charge in [0.25, 0.3) is 0 Å². The summed E-state index contributed by atoms with van der Waals surface area (Å²) in [7, 11) is 1.87. The number of carbonyl (C=O) groups excluding carboxylic acids is 1. The molecule has 6 heteroatoms. The van der Waals surface area contributed by atoms with Crippen LogP contribution in [0.15, 0.2) is 0 Å². The first-order chi connectivity index (χ1) is 10.1. The minimum absolute atomic E-state index is 0.164. The van der Waals surface area contributed by atoms with Gasteiger partial charge in [-0.25, -0.2) is 0 Å². The number of rotatable bonds is 5. The Morgan fingerprint density at radius 2 is 2.33 bits per heavy atom. The van der Waals surface area contributed by atoms with Crippen molar-refractivity contribution >= 4 is 22.2 Å². The van der Waals surface area contributed by atoms with Crippen LogP contribution in [0.1, 0.15) is 35.8 Å². The van der Waals surface area contributed by atoms with E-state index in [-0.39, 0.29) is 5.91 Å². The number of nitrogens with zero attached hydrogens (tertiary/aromatic N) is 3. The molecule has 2 N–H and O–H groups in total. The van der Waals surface area contributed by atoms with Crippen molar-refractivity contribution in [1.29, 1.82) is 5.26 Å².